The van der Waals surface area contributed by atoms with Crippen molar-refractivity contribution in [3.05, 3.63) is 35.6 Å². The van der Waals surface area contributed by atoms with Gasteiger partial charge in [0, 0.05) is 23.5 Å². The van der Waals surface area contributed by atoms with Crippen LogP contribution in [0.1, 0.15) is 31.2 Å². The van der Waals surface area contributed by atoms with Gasteiger partial charge in [-0.25, -0.2) is 4.39 Å². The van der Waals surface area contributed by atoms with Crippen LogP contribution in [0.3, 0.4) is 0 Å². The maximum Gasteiger partial charge on any atom is 0.127 e. The Hall–Kier alpha value is -0.600. The summed E-state index contributed by atoms with van der Waals surface area (Å²) < 4.78 is 13.3. The number of halogens is 2. The van der Waals surface area contributed by atoms with Crippen molar-refractivity contribution in [1.29, 1.82) is 0 Å². The van der Waals surface area contributed by atoms with Crippen LogP contribution in [0.4, 0.5) is 4.39 Å². The van der Waals surface area contributed by atoms with E-state index < -0.39 is 0 Å². The maximum absolute atomic E-state index is 13.3. The molecule has 1 aromatic carbocycles. The molecular formula is C13H17ClFN. The average Bonchev–Trinajstić information content (AvgIpc) is 2.30. The number of alkyl halides is 1. The van der Waals surface area contributed by atoms with Gasteiger partial charge in [-0.3, -0.25) is 0 Å². The Labute approximate surface area is 101 Å². The highest BCUT2D eigenvalue weighted by Gasteiger charge is 2.18. The van der Waals surface area contributed by atoms with E-state index in [9.17, 15) is 4.39 Å². The van der Waals surface area contributed by atoms with E-state index >= 15 is 0 Å². The molecule has 1 nitrogen and oxygen atoms in total. The summed E-state index contributed by atoms with van der Waals surface area (Å²) in [5, 5.41) is 3.74. The first-order valence-corrected chi connectivity index (χ1v) is 6.30. The predicted molar refractivity (Wildman–Crippen MR) is 65.1 cm³/mol. The number of benzene rings is 1. The van der Waals surface area contributed by atoms with Gasteiger partial charge in [0.25, 0.3) is 0 Å². The fraction of sp³-hybridized carbons (Fsp3) is 0.538. The van der Waals surface area contributed by atoms with Crippen molar-refractivity contribution in [3.63, 3.8) is 0 Å². The van der Waals surface area contributed by atoms with Crippen LogP contribution in [0.15, 0.2) is 24.3 Å². The molecule has 1 saturated carbocycles. The van der Waals surface area contributed by atoms with Crippen molar-refractivity contribution in [2.75, 3.05) is 0 Å². The number of hydrogen-bond acceptors (Lipinski definition) is 1. The Bertz CT molecular complexity index is 334. The largest absolute Gasteiger partial charge is 0.310 e. The third-order valence-electron chi connectivity index (χ3n) is 3.20. The summed E-state index contributed by atoms with van der Waals surface area (Å²) in [4.78, 5) is 0. The third kappa shape index (κ3) is 3.19. The molecule has 0 bridgehead atoms. The monoisotopic (exact) mass is 241 g/mol. The minimum atomic E-state index is -0.124. The molecule has 0 radical (unpaired) electrons. The van der Waals surface area contributed by atoms with Gasteiger partial charge in [-0.15, -0.1) is 11.6 Å². The van der Waals surface area contributed by atoms with Gasteiger partial charge in [0.2, 0.25) is 0 Å². The van der Waals surface area contributed by atoms with E-state index in [-0.39, 0.29) is 5.82 Å². The van der Waals surface area contributed by atoms with Crippen LogP contribution in [0.5, 0.6) is 0 Å². The van der Waals surface area contributed by atoms with Crippen molar-refractivity contribution < 1.29 is 4.39 Å². The smallest absolute Gasteiger partial charge is 0.127 e. The quantitative estimate of drug-likeness (QED) is 0.800. The zero-order valence-electron chi connectivity index (χ0n) is 9.26. The third-order valence-corrected chi connectivity index (χ3v) is 3.63. The Balaban J connectivity index is 1.81. The van der Waals surface area contributed by atoms with E-state index in [2.05, 4.69) is 5.32 Å². The van der Waals surface area contributed by atoms with E-state index in [0.717, 1.165) is 31.2 Å². The molecule has 16 heavy (non-hydrogen) atoms. The van der Waals surface area contributed by atoms with Crippen LogP contribution in [0, 0.1) is 5.82 Å². The number of rotatable bonds is 3. The lowest BCUT2D eigenvalue weighted by Gasteiger charge is -2.26. The van der Waals surface area contributed by atoms with Gasteiger partial charge >= 0.3 is 0 Å². The Morgan fingerprint density at radius 3 is 2.56 bits per heavy atom. The average molecular weight is 242 g/mol. The molecule has 0 unspecified atom stereocenters. The SMILES string of the molecule is Fc1ccccc1CNC1CCC(Cl)CC1. The second-order valence-corrected chi connectivity index (χ2v) is 5.04. The van der Waals surface area contributed by atoms with Crippen LogP contribution in [-0.4, -0.2) is 11.4 Å². The van der Waals surface area contributed by atoms with E-state index in [1.807, 2.05) is 12.1 Å². The molecule has 1 aromatic rings. The molecule has 2 rings (SSSR count). The molecular weight excluding hydrogens is 225 g/mol. The Kier molecular flexibility index (Phi) is 4.19. The number of nitrogens with one attached hydrogen (secondary N) is 1. The molecule has 1 N–H and O–H groups in total. The normalized spacial score (nSPS) is 25.6. The van der Waals surface area contributed by atoms with Crippen LogP contribution < -0.4 is 5.32 Å². The van der Waals surface area contributed by atoms with Gasteiger partial charge in [-0.1, -0.05) is 18.2 Å². The highest BCUT2D eigenvalue weighted by Crippen LogP contribution is 2.23. The second-order valence-electron chi connectivity index (χ2n) is 4.42. The molecule has 0 spiro atoms. The van der Waals surface area contributed by atoms with Gasteiger partial charge < -0.3 is 5.32 Å². The van der Waals surface area contributed by atoms with Crippen molar-refractivity contribution in [2.45, 2.75) is 43.6 Å². The van der Waals surface area contributed by atoms with Crippen LogP contribution >= 0.6 is 11.6 Å². The van der Waals surface area contributed by atoms with Crippen LogP contribution in [0.25, 0.3) is 0 Å². The first-order chi connectivity index (χ1) is 7.75. The van der Waals surface area contributed by atoms with Gasteiger partial charge in [0.05, 0.1) is 0 Å². The van der Waals surface area contributed by atoms with Gasteiger partial charge in [0.1, 0.15) is 5.82 Å². The lowest BCUT2D eigenvalue weighted by molar-refractivity contribution is 0.374. The van der Waals surface area contributed by atoms with Crippen molar-refractivity contribution in [1.82, 2.24) is 5.32 Å². The fourth-order valence-electron chi connectivity index (χ4n) is 2.15. The van der Waals surface area contributed by atoms with E-state index in [1.165, 1.54) is 6.07 Å². The molecule has 88 valence electrons. The lowest BCUT2D eigenvalue weighted by Crippen LogP contribution is -2.33. The maximum atomic E-state index is 13.3. The summed E-state index contributed by atoms with van der Waals surface area (Å²) in [6.45, 7) is 0.615. The molecule has 3 heteroatoms. The van der Waals surface area contributed by atoms with E-state index in [0.29, 0.717) is 18.0 Å². The second kappa shape index (κ2) is 5.65. The van der Waals surface area contributed by atoms with Crippen LogP contribution in [-0.2, 0) is 6.54 Å². The highest BCUT2D eigenvalue weighted by atomic mass is 35.5. The minimum Gasteiger partial charge on any atom is -0.310 e. The van der Waals surface area contributed by atoms with Crippen LogP contribution in [0.2, 0.25) is 0 Å². The molecule has 0 heterocycles. The standard InChI is InChI=1S/C13H17ClFN/c14-11-5-7-12(8-6-11)16-9-10-3-1-2-4-13(10)15/h1-4,11-12,16H,5-9H2. The molecule has 1 aliphatic carbocycles. The van der Waals surface area contributed by atoms with Crippen molar-refractivity contribution in [3.8, 4) is 0 Å². The molecule has 0 saturated heterocycles. The van der Waals surface area contributed by atoms with Gasteiger partial charge in [0.15, 0.2) is 0 Å². The molecule has 0 aliphatic heterocycles. The summed E-state index contributed by atoms with van der Waals surface area (Å²) in [7, 11) is 0. The fourth-order valence-corrected chi connectivity index (χ4v) is 2.40. The Morgan fingerprint density at radius 1 is 1.19 bits per heavy atom. The van der Waals surface area contributed by atoms with Crippen molar-refractivity contribution >= 4 is 11.6 Å². The van der Waals surface area contributed by atoms with Crippen molar-refractivity contribution in [2.24, 2.45) is 0 Å². The lowest BCUT2D eigenvalue weighted by atomic mass is 9.95. The zero-order valence-corrected chi connectivity index (χ0v) is 10.0. The summed E-state index contributed by atoms with van der Waals surface area (Å²) in [5.74, 6) is -0.124. The molecule has 1 fully saturated rings. The summed E-state index contributed by atoms with van der Waals surface area (Å²) in [6, 6.07) is 7.42. The summed E-state index contributed by atoms with van der Waals surface area (Å²) in [5.41, 5.74) is 0.746. The van der Waals surface area contributed by atoms with E-state index in [1.54, 1.807) is 6.07 Å². The summed E-state index contributed by atoms with van der Waals surface area (Å²) >= 11 is 6.04. The molecule has 0 atom stereocenters. The summed E-state index contributed by atoms with van der Waals surface area (Å²) in [6.07, 6.45) is 4.33. The number of hydrogen-bond donors (Lipinski definition) is 1. The zero-order chi connectivity index (χ0) is 11.4. The molecule has 0 amide bonds. The Morgan fingerprint density at radius 2 is 1.88 bits per heavy atom. The van der Waals surface area contributed by atoms with E-state index in [4.69, 9.17) is 11.6 Å². The molecule has 0 aromatic heterocycles. The van der Waals surface area contributed by atoms with Gasteiger partial charge in [-0.2, -0.15) is 0 Å². The highest BCUT2D eigenvalue weighted by molar-refractivity contribution is 6.20. The first-order valence-electron chi connectivity index (χ1n) is 5.86. The predicted octanol–water partition coefficient (Wildman–Crippen LogP) is 3.47. The minimum absolute atomic E-state index is 0.124. The molecule has 1 aliphatic rings. The van der Waals surface area contributed by atoms with Gasteiger partial charge in [-0.05, 0) is 31.7 Å². The first kappa shape index (κ1) is 11.9. The topological polar surface area (TPSA) is 12.0 Å².